The summed E-state index contributed by atoms with van der Waals surface area (Å²) in [7, 11) is -3.79. The van der Waals surface area contributed by atoms with E-state index in [4.69, 9.17) is 0 Å². The van der Waals surface area contributed by atoms with Crippen LogP contribution in [0.25, 0.3) is 5.65 Å². The van der Waals surface area contributed by atoms with E-state index in [2.05, 4.69) is 30.3 Å². The van der Waals surface area contributed by atoms with Gasteiger partial charge < -0.3 is 5.32 Å². The molecule has 0 saturated carbocycles. The Labute approximate surface area is 169 Å². The van der Waals surface area contributed by atoms with Gasteiger partial charge in [-0.25, -0.2) is 17.9 Å². The third-order valence-electron chi connectivity index (χ3n) is 3.91. The van der Waals surface area contributed by atoms with Crippen LogP contribution in [0.5, 0.6) is 0 Å². The lowest BCUT2D eigenvalue weighted by Gasteiger charge is -2.09. The van der Waals surface area contributed by atoms with Crippen molar-refractivity contribution in [2.24, 2.45) is 0 Å². The minimum Gasteiger partial charge on any atom is -0.321 e. The highest BCUT2D eigenvalue weighted by Crippen LogP contribution is 2.19. The maximum atomic E-state index is 12.7. The number of carbonyl (C=O) groups is 1. The zero-order valence-corrected chi connectivity index (χ0v) is 17.0. The van der Waals surface area contributed by atoms with Crippen LogP contribution in [0, 0.1) is 13.8 Å². The fourth-order valence-electron chi connectivity index (χ4n) is 2.68. The standard InChI is InChI=1S/C17H15N7O3S2/c1-10-7-14(24-15(19-10)8-11(2)22-24)16(25)20-12-3-5-13(6-4-12)29(26,27)23-17-21-18-9-28-17/h3-9H,1-2H3,(H,20,25)(H,21,23). The van der Waals surface area contributed by atoms with E-state index in [-0.39, 0.29) is 15.9 Å². The van der Waals surface area contributed by atoms with Crippen LogP contribution in [-0.4, -0.2) is 39.1 Å². The highest BCUT2D eigenvalue weighted by Gasteiger charge is 2.17. The monoisotopic (exact) mass is 429 g/mol. The molecule has 10 nitrogen and oxygen atoms in total. The van der Waals surface area contributed by atoms with E-state index in [0.717, 1.165) is 17.0 Å². The van der Waals surface area contributed by atoms with Crippen LogP contribution in [-0.2, 0) is 10.0 Å². The van der Waals surface area contributed by atoms with Crippen molar-refractivity contribution in [1.82, 2.24) is 24.8 Å². The number of hydrogen-bond donors (Lipinski definition) is 2. The van der Waals surface area contributed by atoms with Gasteiger partial charge in [0.05, 0.1) is 10.6 Å². The second kappa shape index (κ2) is 7.22. The van der Waals surface area contributed by atoms with Crippen molar-refractivity contribution in [3.8, 4) is 0 Å². The van der Waals surface area contributed by atoms with Gasteiger partial charge in [-0.15, -0.1) is 10.2 Å². The SMILES string of the molecule is Cc1cc(C(=O)Nc2ccc(S(=O)(=O)Nc3nncs3)cc2)n2nc(C)cc2n1. The first-order valence-electron chi connectivity index (χ1n) is 8.36. The van der Waals surface area contributed by atoms with Crippen LogP contribution in [0.1, 0.15) is 21.9 Å². The molecule has 4 aromatic rings. The molecular weight excluding hydrogens is 414 g/mol. The van der Waals surface area contributed by atoms with Crippen molar-refractivity contribution in [3.63, 3.8) is 0 Å². The molecule has 2 N–H and O–H groups in total. The lowest BCUT2D eigenvalue weighted by Crippen LogP contribution is -2.18. The van der Waals surface area contributed by atoms with Crippen molar-refractivity contribution in [1.29, 1.82) is 0 Å². The van der Waals surface area contributed by atoms with Gasteiger partial charge in [-0.05, 0) is 44.2 Å². The Kier molecular flexibility index (Phi) is 4.72. The van der Waals surface area contributed by atoms with E-state index in [1.807, 2.05) is 6.92 Å². The molecule has 0 aliphatic heterocycles. The summed E-state index contributed by atoms with van der Waals surface area (Å²) in [5.74, 6) is -0.383. The largest absolute Gasteiger partial charge is 0.321 e. The smallest absolute Gasteiger partial charge is 0.274 e. The van der Waals surface area contributed by atoms with Crippen LogP contribution < -0.4 is 10.0 Å². The van der Waals surface area contributed by atoms with Gasteiger partial charge in [-0.2, -0.15) is 5.10 Å². The normalized spacial score (nSPS) is 11.5. The van der Waals surface area contributed by atoms with E-state index >= 15 is 0 Å². The number of benzene rings is 1. The number of aryl methyl sites for hydroxylation is 2. The van der Waals surface area contributed by atoms with Gasteiger partial charge in [0.2, 0.25) is 5.13 Å². The predicted molar refractivity (Wildman–Crippen MR) is 108 cm³/mol. The highest BCUT2D eigenvalue weighted by molar-refractivity contribution is 7.93. The number of sulfonamides is 1. The second-order valence-corrected chi connectivity index (χ2v) is 8.68. The maximum absolute atomic E-state index is 12.7. The number of aromatic nitrogens is 5. The topological polar surface area (TPSA) is 131 Å². The number of carbonyl (C=O) groups excluding carboxylic acids is 1. The van der Waals surface area contributed by atoms with Crippen molar-refractivity contribution >= 4 is 43.7 Å². The molecule has 148 valence electrons. The van der Waals surface area contributed by atoms with Crippen LogP contribution in [0.15, 0.2) is 46.8 Å². The van der Waals surface area contributed by atoms with E-state index in [9.17, 15) is 13.2 Å². The molecule has 12 heteroatoms. The van der Waals surface area contributed by atoms with Crippen LogP contribution >= 0.6 is 11.3 Å². The molecule has 0 radical (unpaired) electrons. The Balaban J connectivity index is 1.56. The summed E-state index contributed by atoms with van der Waals surface area (Å²) in [4.78, 5) is 17.1. The van der Waals surface area contributed by atoms with Gasteiger partial charge in [0.15, 0.2) is 5.65 Å². The molecule has 1 aromatic carbocycles. The van der Waals surface area contributed by atoms with Crippen molar-refractivity contribution in [2.45, 2.75) is 18.7 Å². The van der Waals surface area contributed by atoms with E-state index in [1.54, 1.807) is 19.1 Å². The number of nitrogens with one attached hydrogen (secondary N) is 2. The first kappa shape index (κ1) is 19.0. The number of fused-ring (bicyclic) bond motifs is 1. The van der Waals surface area contributed by atoms with Gasteiger partial charge in [-0.1, -0.05) is 11.3 Å². The summed E-state index contributed by atoms with van der Waals surface area (Å²) in [5.41, 5.74) is 4.21. The summed E-state index contributed by atoms with van der Waals surface area (Å²) in [6.45, 7) is 3.62. The molecule has 4 rings (SSSR count). The quantitative estimate of drug-likeness (QED) is 0.497. The summed E-state index contributed by atoms with van der Waals surface area (Å²) >= 11 is 1.07. The zero-order chi connectivity index (χ0) is 20.6. The predicted octanol–water partition coefficient (Wildman–Crippen LogP) is 2.25. The Morgan fingerprint density at radius 2 is 1.86 bits per heavy atom. The van der Waals surface area contributed by atoms with Crippen LogP contribution in [0.3, 0.4) is 0 Å². The molecule has 0 saturated heterocycles. The van der Waals surface area contributed by atoms with Crippen LogP contribution in [0.4, 0.5) is 10.8 Å². The van der Waals surface area contributed by atoms with Gasteiger partial charge in [0.25, 0.3) is 15.9 Å². The fourth-order valence-corrected chi connectivity index (χ4v) is 4.37. The average Bonchev–Trinajstić information content (AvgIpc) is 3.29. The highest BCUT2D eigenvalue weighted by atomic mass is 32.2. The first-order valence-corrected chi connectivity index (χ1v) is 10.7. The zero-order valence-electron chi connectivity index (χ0n) is 15.3. The van der Waals surface area contributed by atoms with Gasteiger partial charge in [0.1, 0.15) is 11.2 Å². The summed E-state index contributed by atoms with van der Waals surface area (Å²) < 4.78 is 28.5. The summed E-state index contributed by atoms with van der Waals surface area (Å²) in [5, 5.41) is 14.5. The third-order valence-corrected chi connectivity index (χ3v) is 6.00. The average molecular weight is 429 g/mol. The van der Waals surface area contributed by atoms with Crippen molar-refractivity contribution in [3.05, 3.63) is 59.0 Å². The van der Waals surface area contributed by atoms with Gasteiger partial charge in [-0.3, -0.25) is 9.52 Å². The fraction of sp³-hybridized carbons (Fsp3) is 0.118. The van der Waals surface area contributed by atoms with E-state index < -0.39 is 10.0 Å². The molecule has 29 heavy (non-hydrogen) atoms. The minimum absolute atomic E-state index is 0.0375. The lowest BCUT2D eigenvalue weighted by atomic mass is 10.3. The molecule has 0 spiro atoms. The lowest BCUT2D eigenvalue weighted by molar-refractivity contribution is 0.101. The van der Waals surface area contributed by atoms with Crippen LogP contribution in [0.2, 0.25) is 0 Å². The number of nitrogens with zero attached hydrogens (tertiary/aromatic N) is 5. The molecular formula is C17H15N7O3S2. The van der Waals surface area contributed by atoms with E-state index in [0.29, 0.717) is 22.7 Å². The van der Waals surface area contributed by atoms with Crippen molar-refractivity contribution < 1.29 is 13.2 Å². The number of anilines is 2. The number of amides is 1. The Bertz CT molecular complexity index is 1300. The third kappa shape index (κ3) is 3.93. The maximum Gasteiger partial charge on any atom is 0.274 e. The Hall–Kier alpha value is -3.38. The Morgan fingerprint density at radius 1 is 1.10 bits per heavy atom. The summed E-state index contributed by atoms with van der Waals surface area (Å²) in [6.07, 6.45) is 0. The molecule has 0 aliphatic rings. The molecule has 0 bridgehead atoms. The minimum atomic E-state index is -3.79. The van der Waals surface area contributed by atoms with Gasteiger partial charge >= 0.3 is 0 Å². The molecule has 3 heterocycles. The number of rotatable bonds is 5. The van der Waals surface area contributed by atoms with E-state index in [1.165, 1.54) is 34.3 Å². The molecule has 1 amide bonds. The Morgan fingerprint density at radius 3 is 2.55 bits per heavy atom. The molecule has 0 fully saturated rings. The molecule has 0 atom stereocenters. The number of hydrogen-bond acceptors (Lipinski definition) is 8. The van der Waals surface area contributed by atoms with Gasteiger partial charge in [0, 0.05) is 17.4 Å². The van der Waals surface area contributed by atoms with Crippen molar-refractivity contribution in [2.75, 3.05) is 10.0 Å². The summed E-state index contributed by atoms with van der Waals surface area (Å²) in [6, 6.07) is 9.22. The first-order chi connectivity index (χ1) is 13.8. The molecule has 0 unspecified atom stereocenters. The second-order valence-electron chi connectivity index (χ2n) is 6.17. The molecule has 0 aliphatic carbocycles. The molecule has 3 aromatic heterocycles.